The van der Waals surface area contributed by atoms with Gasteiger partial charge in [0.05, 0.1) is 0 Å². The van der Waals surface area contributed by atoms with Crippen LogP contribution in [-0.4, -0.2) is 11.9 Å². The maximum absolute atomic E-state index is 2.26. The Bertz CT molecular complexity index is 562. The summed E-state index contributed by atoms with van der Waals surface area (Å²) in [5.41, 5.74) is 2.71. The summed E-state index contributed by atoms with van der Waals surface area (Å²) in [6.45, 7) is 0. The van der Waals surface area contributed by atoms with Gasteiger partial charge in [0.25, 0.3) is 0 Å². The van der Waals surface area contributed by atoms with Crippen molar-refractivity contribution in [3.63, 3.8) is 0 Å². The second kappa shape index (κ2) is 4.91. The second-order valence-corrected chi connectivity index (χ2v) is 5.55. The fourth-order valence-electron chi connectivity index (χ4n) is 2.16. The SMILES string of the molecule is CN1C=Cc2ccccc2C1Sc1ccccc1. The molecular weight excluding hydrogens is 238 g/mol. The summed E-state index contributed by atoms with van der Waals surface area (Å²) in [6, 6.07) is 19.2. The Morgan fingerprint density at radius 2 is 1.67 bits per heavy atom. The molecule has 0 N–H and O–H groups in total. The number of nitrogens with zero attached hydrogens (tertiary/aromatic N) is 1. The average Bonchev–Trinajstić information content (AvgIpc) is 2.43. The zero-order valence-corrected chi connectivity index (χ0v) is 11.1. The van der Waals surface area contributed by atoms with Crippen molar-refractivity contribution < 1.29 is 0 Å². The van der Waals surface area contributed by atoms with Crippen molar-refractivity contribution in [1.29, 1.82) is 0 Å². The lowest BCUT2D eigenvalue weighted by molar-refractivity contribution is 0.435. The summed E-state index contributed by atoms with van der Waals surface area (Å²) in [4.78, 5) is 3.57. The molecule has 0 saturated carbocycles. The summed E-state index contributed by atoms with van der Waals surface area (Å²) in [5.74, 6) is 0. The van der Waals surface area contributed by atoms with E-state index in [1.807, 2.05) is 11.8 Å². The molecule has 0 bridgehead atoms. The molecule has 1 heterocycles. The molecule has 3 rings (SSSR count). The molecule has 0 radical (unpaired) electrons. The van der Waals surface area contributed by atoms with Gasteiger partial charge < -0.3 is 4.90 Å². The number of benzene rings is 2. The molecule has 1 atom stereocenters. The quantitative estimate of drug-likeness (QED) is 0.780. The summed E-state index contributed by atoms with van der Waals surface area (Å²) in [6.07, 6.45) is 4.33. The molecule has 1 nitrogen and oxygen atoms in total. The Kier molecular flexibility index (Phi) is 3.11. The molecule has 0 saturated heterocycles. The standard InChI is InChI=1S/C16H15NS/c1-17-12-11-13-7-5-6-10-15(13)16(17)18-14-8-3-2-4-9-14/h2-12,16H,1H3. The van der Waals surface area contributed by atoms with Crippen LogP contribution in [0.4, 0.5) is 0 Å². The van der Waals surface area contributed by atoms with Gasteiger partial charge in [-0.05, 0) is 29.3 Å². The van der Waals surface area contributed by atoms with E-state index in [2.05, 4.69) is 78.8 Å². The molecule has 1 aliphatic heterocycles. The molecule has 0 aromatic heterocycles. The van der Waals surface area contributed by atoms with Crippen molar-refractivity contribution in [2.24, 2.45) is 0 Å². The van der Waals surface area contributed by atoms with Gasteiger partial charge in [-0.25, -0.2) is 0 Å². The third kappa shape index (κ3) is 2.16. The topological polar surface area (TPSA) is 3.24 Å². The third-order valence-corrected chi connectivity index (χ3v) is 4.47. The van der Waals surface area contributed by atoms with Crippen molar-refractivity contribution in [2.75, 3.05) is 7.05 Å². The molecule has 0 amide bonds. The number of hydrogen-bond acceptors (Lipinski definition) is 2. The number of rotatable bonds is 2. The largest absolute Gasteiger partial charge is 0.364 e. The molecule has 2 aromatic carbocycles. The molecular formula is C16H15NS. The van der Waals surface area contributed by atoms with Crippen LogP contribution in [0.25, 0.3) is 6.08 Å². The molecule has 2 aromatic rings. The second-order valence-electron chi connectivity index (χ2n) is 4.39. The Balaban J connectivity index is 1.94. The lowest BCUT2D eigenvalue weighted by Crippen LogP contribution is -2.19. The molecule has 1 unspecified atom stereocenters. The Hall–Kier alpha value is -1.67. The zero-order chi connectivity index (χ0) is 12.4. The van der Waals surface area contributed by atoms with E-state index in [1.165, 1.54) is 16.0 Å². The Labute approximate surface area is 112 Å². The molecule has 2 heteroatoms. The van der Waals surface area contributed by atoms with E-state index in [4.69, 9.17) is 0 Å². The van der Waals surface area contributed by atoms with Crippen molar-refractivity contribution in [3.8, 4) is 0 Å². The van der Waals surface area contributed by atoms with Gasteiger partial charge in [0.2, 0.25) is 0 Å². The van der Waals surface area contributed by atoms with Crippen LogP contribution < -0.4 is 0 Å². The number of hydrogen-bond donors (Lipinski definition) is 0. The normalized spacial score (nSPS) is 17.6. The van der Waals surface area contributed by atoms with Gasteiger partial charge in [-0.15, -0.1) is 0 Å². The van der Waals surface area contributed by atoms with E-state index >= 15 is 0 Å². The maximum atomic E-state index is 2.26. The minimum Gasteiger partial charge on any atom is -0.364 e. The van der Waals surface area contributed by atoms with Gasteiger partial charge in [-0.2, -0.15) is 0 Å². The highest BCUT2D eigenvalue weighted by atomic mass is 32.2. The van der Waals surface area contributed by atoms with Crippen LogP contribution >= 0.6 is 11.8 Å². The van der Waals surface area contributed by atoms with E-state index in [0.29, 0.717) is 5.37 Å². The summed E-state index contributed by atoms with van der Waals surface area (Å²) >= 11 is 1.89. The van der Waals surface area contributed by atoms with E-state index in [9.17, 15) is 0 Å². The zero-order valence-electron chi connectivity index (χ0n) is 10.3. The van der Waals surface area contributed by atoms with Gasteiger partial charge in [-0.1, -0.05) is 54.2 Å². The average molecular weight is 253 g/mol. The molecule has 0 spiro atoms. The summed E-state index contributed by atoms with van der Waals surface area (Å²) in [5, 5.41) is 0.355. The van der Waals surface area contributed by atoms with Crippen LogP contribution in [0.15, 0.2) is 65.7 Å². The smallest absolute Gasteiger partial charge is 0.105 e. The molecule has 18 heavy (non-hydrogen) atoms. The third-order valence-electron chi connectivity index (χ3n) is 3.11. The fraction of sp³-hybridized carbons (Fsp3) is 0.125. The van der Waals surface area contributed by atoms with E-state index < -0.39 is 0 Å². The van der Waals surface area contributed by atoms with Crippen LogP contribution in [0.2, 0.25) is 0 Å². The predicted octanol–water partition coefficient (Wildman–Crippen LogP) is 4.39. The van der Waals surface area contributed by atoms with Gasteiger partial charge >= 0.3 is 0 Å². The summed E-state index contributed by atoms with van der Waals surface area (Å²) in [7, 11) is 2.13. The van der Waals surface area contributed by atoms with Crippen molar-refractivity contribution in [1.82, 2.24) is 4.90 Å². The van der Waals surface area contributed by atoms with Crippen LogP contribution in [0.3, 0.4) is 0 Å². The Morgan fingerprint density at radius 1 is 0.944 bits per heavy atom. The van der Waals surface area contributed by atoms with Crippen molar-refractivity contribution >= 4 is 17.8 Å². The van der Waals surface area contributed by atoms with Gasteiger partial charge in [0.1, 0.15) is 5.37 Å². The lowest BCUT2D eigenvalue weighted by atomic mass is 10.0. The van der Waals surface area contributed by atoms with Gasteiger partial charge in [-0.3, -0.25) is 0 Å². The highest BCUT2D eigenvalue weighted by molar-refractivity contribution is 7.99. The molecule has 90 valence electrons. The van der Waals surface area contributed by atoms with Gasteiger partial charge in [0, 0.05) is 18.1 Å². The maximum Gasteiger partial charge on any atom is 0.105 e. The minimum absolute atomic E-state index is 0.355. The monoisotopic (exact) mass is 253 g/mol. The molecule has 1 aliphatic rings. The van der Waals surface area contributed by atoms with E-state index in [1.54, 1.807) is 0 Å². The highest BCUT2D eigenvalue weighted by Gasteiger charge is 2.21. The van der Waals surface area contributed by atoms with Crippen LogP contribution in [0, 0.1) is 0 Å². The first kappa shape index (κ1) is 11.4. The number of fused-ring (bicyclic) bond motifs is 1. The first-order valence-electron chi connectivity index (χ1n) is 6.05. The lowest BCUT2D eigenvalue weighted by Gasteiger charge is -2.31. The fourth-order valence-corrected chi connectivity index (χ4v) is 3.31. The Morgan fingerprint density at radius 3 is 2.50 bits per heavy atom. The van der Waals surface area contributed by atoms with Crippen LogP contribution in [0.1, 0.15) is 16.5 Å². The summed E-state index contributed by atoms with van der Waals surface area (Å²) < 4.78 is 0. The van der Waals surface area contributed by atoms with Crippen molar-refractivity contribution in [3.05, 3.63) is 71.9 Å². The van der Waals surface area contributed by atoms with E-state index in [0.717, 1.165) is 0 Å². The predicted molar refractivity (Wildman–Crippen MR) is 78.3 cm³/mol. The first-order valence-corrected chi connectivity index (χ1v) is 6.93. The van der Waals surface area contributed by atoms with Crippen LogP contribution in [0.5, 0.6) is 0 Å². The number of thioether (sulfide) groups is 1. The first-order chi connectivity index (χ1) is 8.84. The molecule has 0 aliphatic carbocycles. The van der Waals surface area contributed by atoms with Crippen LogP contribution in [-0.2, 0) is 0 Å². The molecule has 0 fully saturated rings. The highest BCUT2D eigenvalue weighted by Crippen LogP contribution is 2.41. The van der Waals surface area contributed by atoms with Crippen molar-refractivity contribution in [2.45, 2.75) is 10.3 Å². The van der Waals surface area contributed by atoms with E-state index in [-0.39, 0.29) is 0 Å². The minimum atomic E-state index is 0.355. The van der Waals surface area contributed by atoms with Gasteiger partial charge in [0.15, 0.2) is 0 Å².